The number of pyridine rings is 1. The first-order chi connectivity index (χ1) is 11.5. The van der Waals surface area contributed by atoms with Gasteiger partial charge in [0.25, 0.3) is 0 Å². The first kappa shape index (κ1) is 20.7. The standard InChI is InChI=1S/C16H22F3N3O3/c1-15(2,3)14(24)20-8-4-5-12(23)22-11-6-7-13(21-9-11)25-10-16(17,18)19/h6-7,9H,4-5,8,10H2,1-3H3,(H,20,24)(H,22,23). The Hall–Kier alpha value is -2.32. The summed E-state index contributed by atoms with van der Waals surface area (Å²) >= 11 is 0. The lowest BCUT2D eigenvalue weighted by Gasteiger charge is -2.17. The molecule has 0 aliphatic rings. The largest absolute Gasteiger partial charge is 0.468 e. The summed E-state index contributed by atoms with van der Waals surface area (Å²) in [6, 6.07) is 2.64. The van der Waals surface area contributed by atoms with E-state index in [0.717, 1.165) is 0 Å². The van der Waals surface area contributed by atoms with E-state index in [1.165, 1.54) is 18.3 Å². The molecular formula is C16H22F3N3O3. The van der Waals surface area contributed by atoms with Gasteiger partial charge in [-0.3, -0.25) is 9.59 Å². The second-order valence-corrected chi connectivity index (χ2v) is 6.45. The number of carbonyl (C=O) groups is 2. The van der Waals surface area contributed by atoms with Crippen molar-refractivity contribution in [2.24, 2.45) is 5.41 Å². The third kappa shape index (κ3) is 8.92. The molecule has 0 aliphatic carbocycles. The Morgan fingerprint density at radius 2 is 1.88 bits per heavy atom. The second-order valence-electron chi connectivity index (χ2n) is 6.45. The zero-order valence-corrected chi connectivity index (χ0v) is 14.4. The molecule has 9 heteroatoms. The molecule has 140 valence electrons. The summed E-state index contributed by atoms with van der Waals surface area (Å²) in [5.41, 5.74) is -0.132. The number of amides is 2. The zero-order valence-electron chi connectivity index (χ0n) is 14.4. The van der Waals surface area contributed by atoms with Crippen molar-refractivity contribution in [1.82, 2.24) is 10.3 Å². The van der Waals surface area contributed by atoms with Gasteiger partial charge in [0.2, 0.25) is 17.7 Å². The van der Waals surface area contributed by atoms with E-state index in [1.54, 1.807) is 20.8 Å². The molecule has 0 atom stereocenters. The highest BCUT2D eigenvalue weighted by Gasteiger charge is 2.28. The molecule has 0 aliphatic heterocycles. The van der Waals surface area contributed by atoms with Crippen molar-refractivity contribution in [2.75, 3.05) is 18.5 Å². The molecule has 6 nitrogen and oxygen atoms in total. The number of carbonyl (C=O) groups excluding carboxylic acids is 2. The summed E-state index contributed by atoms with van der Waals surface area (Å²) in [5, 5.41) is 5.30. The van der Waals surface area contributed by atoms with E-state index < -0.39 is 18.2 Å². The number of nitrogens with one attached hydrogen (secondary N) is 2. The number of aromatic nitrogens is 1. The number of ether oxygens (including phenoxy) is 1. The smallest absolute Gasteiger partial charge is 0.422 e. The maximum absolute atomic E-state index is 12.0. The molecule has 0 aromatic carbocycles. The fraction of sp³-hybridized carbons (Fsp3) is 0.562. The van der Waals surface area contributed by atoms with Gasteiger partial charge in [-0.15, -0.1) is 0 Å². The average molecular weight is 361 g/mol. The van der Waals surface area contributed by atoms with Crippen LogP contribution in [0, 0.1) is 5.41 Å². The lowest BCUT2D eigenvalue weighted by molar-refractivity contribution is -0.154. The second kappa shape index (κ2) is 8.68. The fourth-order valence-corrected chi connectivity index (χ4v) is 1.63. The molecule has 0 saturated carbocycles. The normalized spacial score (nSPS) is 11.8. The molecule has 0 saturated heterocycles. The molecule has 0 spiro atoms. The van der Waals surface area contributed by atoms with Crippen molar-refractivity contribution < 1.29 is 27.5 Å². The topological polar surface area (TPSA) is 80.3 Å². The van der Waals surface area contributed by atoms with E-state index in [1.807, 2.05) is 0 Å². The molecule has 1 aromatic rings. The summed E-state index contributed by atoms with van der Waals surface area (Å²) in [5.74, 6) is -0.553. The third-order valence-corrected chi connectivity index (χ3v) is 2.95. The highest BCUT2D eigenvalue weighted by atomic mass is 19.4. The number of anilines is 1. The van der Waals surface area contributed by atoms with Crippen LogP contribution in [0.2, 0.25) is 0 Å². The number of hydrogen-bond acceptors (Lipinski definition) is 4. The third-order valence-electron chi connectivity index (χ3n) is 2.95. The molecule has 1 aromatic heterocycles. The summed E-state index contributed by atoms with van der Waals surface area (Å²) < 4.78 is 40.5. The Labute approximate surface area is 144 Å². The van der Waals surface area contributed by atoms with E-state index in [-0.39, 0.29) is 24.1 Å². The van der Waals surface area contributed by atoms with Crippen LogP contribution in [0.25, 0.3) is 0 Å². The molecule has 2 amide bonds. The lowest BCUT2D eigenvalue weighted by atomic mass is 9.96. The first-order valence-corrected chi connectivity index (χ1v) is 7.71. The Morgan fingerprint density at radius 3 is 2.40 bits per heavy atom. The minimum Gasteiger partial charge on any atom is -0.468 e. The monoisotopic (exact) mass is 361 g/mol. The van der Waals surface area contributed by atoms with Crippen molar-refractivity contribution in [1.29, 1.82) is 0 Å². The SMILES string of the molecule is CC(C)(C)C(=O)NCCCC(=O)Nc1ccc(OCC(F)(F)F)nc1. The Morgan fingerprint density at radius 1 is 1.20 bits per heavy atom. The van der Waals surface area contributed by atoms with Crippen LogP contribution in [0.15, 0.2) is 18.3 Å². The van der Waals surface area contributed by atoms with Crippen LogP contribution in [0.1, 0.15) is 33.6 Å². The molecule has 2 N–H and O–H groups in total. The van der Waals surface area contributed by atoms with Gasteiger partial charge in [0, 0.05) is 24.4 Å². The fourth-order valence-electron chi connectivity index (χ4n) is 1.63. The van der Waals surface area contributed by atoms with Crippen LogP contribution in [-0.2, 0) is 9.59 Å². The maximum Gasteiger partial charge on any atom is 0.422 e. The van der Waals surface area contributed by atoms with Gasteiger partial charge in [0.05, 0.1) is 11.9 Å². The molecule has 1 rings (SSSR count). The summed E-state index contributed by atoms with van der Waals surface area (Å²) in [4.78, 5) is 27.1. The first-order valence-electron chi connectivity index (χ1n) is 7.71. The number of rotatable bonds is 7. The molecule has 0 bridgehead atoms. The van der Waals surface area contributed by atoms with Crippen LogP contribution in [-0.4, -0.2) is 36.1 Å². The Bertz CT molecular complexity index is 581. The molecule has 1 heterocycles. The van der Waals surface area contributed by atoms with Crippen molar-refractivity contribution in [3.05, 3.63) is 18.3 Å². The Kier molecular flexibility index (Phi) is 7.20. The van der Waals surface area contributed by atoms with Gasteiger partial charge in [-0.2, -0.15) is 13.2 Å². The van der Waals surface area contributed by atoms with Crippen molar-refractivity contribution in [2.45, 2.75) is 39.8 Å². The van der Waals surface area contributed by atoms with Gasteiger partial charge in [0.1, 0.15) is 0 Å². The molecule has 0 radical (unpaired) electrons. The van der Waals surface area contributed by atoms with E-state index in [2.05, 4.69) is 20.4 Å². The lowest BCUT2D eigenvalue weighted by Crippen LogP contribution is -2.35. The minimum atomic E-state index is -4.43. The summed E-state index contributed by atoms with van der Waals surface area (Å²) in [6.07, 6.45) is -2.56. The number of hydrogen-bond donors (Lipinski definition) is 2. The highest BCUT2D eigenvalue weighted by Crippen LogP contribution is 2.18. The van der Waals surface area contributed by atoms with Crippen LogP contribution < -0.4 is 15.4 Å². The molecule has 0 fully saturated rings. The molecular weight excluding hydrogens is 339 g/mol. The van der Waals surface area contributed by atoms with E-state index in [0.29, 0.717) is 18.7 Å². The van der Waals surface area contributed by atoms with E-state index >= 15 is 0 Å². The predicted octanol–water partition coefficient (Wildman–Crippen LogP) is 2.90. The maximum atomic E-state index is 12.0. The van der Waals surface area contributed by atoms with Gasteiger partial charge < -0.3 is 15.4 Å². The number of alkyl halides is 3. The highest BCUT2D eigenvalue weighted by molar-refractivity contribution is 5.90. The van der Waals surface area contributed by atoms with E-state index in [4.69, 9.17) is 0 Å². The van der Waals surface area contributed by atoms with Crippen molar-refractivity contribution in [3.8, 4) is 5.88 Å². The predicted molar refractivity (Wildman–Crippen MR) is 86.1 cm³/mol. The molecule has 25 heavy (non-hydrogen) atoms. The van der Waals surface area contributed by atoms with Crippen molar-refractivity contribution in [3.63, 3.8) is 0 Å². The minimum absolute atomic E-state index is 0.0912. The van der Waals surface area contributed by atoms with E-state index in [9.17, 15) is 22.8 Å². The number of halogens is 3. The van der Waals surface area contributed by atoms with Gasteiger partial charge >= 0.3 is 6.18 Å². The van der Waals surface area contributed by atoms with Crippen LogP contribution in [0.3, 0.4) is 0 Å². The number of nitrogens with zero attached hydrogens (tertiary/aromatic N) is 1. The average Bonchev–Trinajstić information content (AvgIpc) is 2.49. The van der Waals surface area contributed by atoms with Crippen LogP contribution in [0.5, 0.6) is 5.88 Å². The molecule has 0 unspecified atom stereocenters. The van der Waals surface area contributed by atoms with Crippen molar-refractivity contribution >= 4 is 17.5 Å². The zero-order chi connectivity index (χ0) is 19.1. The van der Waals surface area contributed by atoms with Crippen LogP contribution in [0.4, 0.5) is 18.9 Å². The quantitative estimate of drug-likeness (QED) is 0.732. The van der Waals surface area contributed by atoms with Gasteiger partial charge in [0.15, 0.2) is 6.61 Å². The van der Waals surface area contributed by atoms with Gasteiger partial charge in [-0.25, -0.2) is 4.98 Å². The van der Waals surface area contributed by atoms with Gasteiger partial charge in [-0.05, 0) is 12.5 Å². The summed E-state index contributed by atoms with van der Waals surface area (Å²) in [6.45, 7) is 4.34. The Balaban J connectivity index is 2.32. The summed E-state index contributed by atoms with van der Waals surface area (Å²) in [7, 11) is 0. The van der Waals surface area contributed by atoms with Crippen LogP contribution >= 0.6 is 0 Å². The van der Waals surface area contributed by atoms with Gasteiger partial charge in [-0.1, -0.05) is 20.8 Å².